The molecule has 0 aromatic heterocycles. The SMILES string of the molecule is CCC(C)(O)[C@H](O)c1ccc(S(C)(=O)=O)cc1. The average molecular weight is 258 g/mol. The van der Waals surface area contributed by atoms with Crippen LogP contribution in [-0.2, 0) is 9.84 Å². The number of benzene rings is 1. The molecule has 0 aliphatic carbocycles. The van der Waals surface area contributed by atoms with Crippen LogP contribution in [0.1, 0.15) is 31.9 Å². The van der Waals surface area contributed by atoms with Crippen LogP contribution in [0, 0.1) is 0 Å². The highest BCUT2D eigenvalue weighted by Crippen LogP contribution is 2.28. The highest BCUT2D eigenvalue weighted by Gasteiger charge is 2.29. The van der Waals surface area contributed by atoms with Crippen molar-refractivity contribution < 1.29 is 18.6 Å². The summed E-state index contributed by atoms with van der Waals surface area (Å²) >= 11 is 0. The Kier molecular flexibility index (Phi) is 3.96. The van der Waals surface area contributed by atoms with E-state index in [2.05, 4.69) is 0 Å². The Hall–Kier alpha value is -0.910. The fraction of sp³-hybridized carbons (Fsp3) is 0.500. The van der Waals surface area contributed by atoms with Gasteiger partial charge in [0, 0.05) is 6.26 Å². The first-order chi connectivity index (χ1) is 7.68. The van der Waals surface area contributed by atoms with E-state index in [1.165, 1.54) is 24.3 Å². The first kappa shape index (κ1) is 14.2. The van der Waals surface area contributed by atoms with Crippen molar-refractivity contribution in [1.29, 1.82) is 0 Å². The van der Waals surface area contributed by atoms with E-state index in [0.29, 0.717) is 12.0 Å². The van der Waals surface area contributed by atoms with Crippen LogP contribution in [0.4, 0.5) is 0 Å². The summed E-state index contributed by atoms with van der Waals surface area (Å²) in [5, 5.41) is 19.8. The summed E-state index contributed by atoms with van der Waals surface area (Å²) in [4.78, 5) is 0.199. The van der Waals surface area contributed by atoms with Gasteiger partial charge in [0.25, 0.3) is 0 Å². The summed E-state index contributed by atoms with van der Waals surface area (Å²) in [6.45, 7) is 3.32. The topological polar surface area (TPSA) is 74.6 Å². The Morgan fingerprint density at radius 1 is 1.29 bits per heavy atom. The zero-order valence-electron chi connectivity index (χ0n) is 10.2. The van der Waals surface area contributed by atoms with Crippen LogP contribution >= 0.6 is 0 Å². The van der Waals surface area contributed by atoms with E-state index >= 15 is 0 Å². The molecule has 96 valence electrons. The second-order valence-corrected chi connectivity index (χ2v) is 6.47. The number of hydrogen-bond donors (Lipinski definition) is 2. The molecule has 0 saturated carbocycles. The maximum Gasteiger partial charge on any atom is 0.175 e. The summed E-state index contributed by atoms with van der Waals surface area (Å²) in [5.41, 5.74) is -0.712. The van der Waals surface area contributed by atoms with Gasteiger partial charge < -0.3 is 10.2 Å². The molecule has 4 nitrogen and oxygen atoms in total. The smallest absolute Gasteiger partial charge is 0.175 e. The summed E-state index contributed by atoms with van der Waals surface area (Å²) in [7, 11) is -3.23. The van der Waals surface area contributed by atoms with Crippen LogP contribution in [0.15, 0.2) is 29.2 Å². The third kappa shape index (κ3) is 3.28. The first-order valence-corrected chi connectivity index (χ1v) is 7.28. The molecule has 0 amide bonds. The zero-order valence-corrected chi connectivity index (χ0v) is 11.0. The van der Waals surface area contributed by atoms with Crippen molar-refractivity contribution in [3.63, 3.8) is 0 Å². The van der Waals surface area contributed by atoms with Crippen molar-refractivity contribution >= 4 is 9.84 Å². The minimum Gasteiger partial charge on any atom is -0.387 e. The van der Waals surface area contributed by atoms with Crippen LogP contribution in [0.5, 0.6) is 0 Å². The highest BCUT2D eigenvalue weighted by molar-refractivity contribution is 7.90. The standard InChI is InChI=1S/C12H18O4S/c1-4-12(2,14)11(13)9-5-7-10(8-6-9)17(3,15)16/h5-8,11,13-14H,4H2,1-3H3/t11-,12?/m1/s1. The van der Waals surface area contributed by atoms with E-state index in [0.717, 1.165) is 6.26 Å². The molecule has 0 radical (unpaired) electrons. The number of sulfone groups is 1. The summed E-state index contributed by atoms with van der Waals surface area (Å²) in [6.07, 6.45) is 0.504. The Morgan fingerprint density at radius 2 is 1.76 bits per heavy atom. The van der Waals surface area contributed by atoms with Gasteiger partial charge in [0.2, 0.25) is 0 Å². The number of hydrogen-bond acceptors (Lipinski definition) is 4. The Balaban J connectivity index is 3.04. The van der Waals surface area contributed by atoms with E-state index in [9.17, 15) is 18.6 Å². The minimum atomic E-state index is -3.23. The Morgan fingerprint density at radius 3 is 2.12 bits per heavy atom. The lowest BCUT2D eigenvalue weighted by atomic mass is 9.91. The number of aliphatic hydroxyl groups is 2. The lowest BCUT2D eigenvalue weighted by molar-refractivity contribution is -0.0658. The summed E-state index contributed by atoms with van der Waals surface area (Å²) in [5.74, 6) is 0. The van der Waals surface area contributed by atoms with Crippen molar-refractivity contribution in [2.24, 2.45) is 0 Å². The van der Waals surface area contributed by atoms with E-state index in [1.807, 2.05) is 0 Å². The lowest BCUT2D eigenvalue weighted by Crippen LogP contribution is -2.31. The Bertz CT molecular complexity index is 474. The normalized spacial score (nSPS) is 17.5. The molecule has 0 spiro atoms. The van der Waals surface area contributed by atoms with Crippen LogP contribution in [0.25, 0.3) is 0 Å². The fourth-order valence-electron chi connectivity index (χ4n) is 1.45. The summed E-state index contributed by atoms with van der Waals surface area (Å²) < 4.78 is 22.5. The van der Waals surface area contributed by atoms with Gasteiger partial charge in [-0.1, -0.05) is 19.1 Å². The molecule has 5 heteroatoms. The second-order valence-electron chi connectivity index (χ2n) is 4.45. The maximum absolute atomic E-state index is 11.3. The van der Waals surface area contributed by atoms with Crippen LogP contribution in [0.2, 0.25) is 0 Å². The molecule has 1 unspecified atom stereocenters. The molecule has 0 aliphatic heterocycles. The van der Waals surface area contributed by atoms with Crippen LogP contribution in [0.3, 0.4) is 0 Å². The quantitative estimate of drug-likeness (QED) is 0.853. The molecule has 0 heterocycles. The van der Waals surface area contributed by atoms with Crippen molar-refractivity contribution in [3.8, 4) is 0 Å². The third-order valence-corrected chi connectivity index (χ3v) is 4.06. The lowest BCUT2D eigenvalue weighted by Gasteiger charge is -2.28. The highest BCUT2D eigenvalue weighted by atomic mass is 32.2. The molecule has 1 aromatic carbocycles. The van der Waals surface area contributed by atoms with Gasteiger partial charge in [-0.05, 0) is 31.0 Å². The van der Waals surface area contributed by atoms with Gasteiger partial charge in [-0.15, -0.1) is 0 Å². The van der Waals surface area contributed by atoms with E-state index in [1.54, 1.807) is 13.8 Å². The van der Waals surface area contributed by atoms with E-state index < -0.39 is 21.5 Å². The molecular formula is C12H18O4S. The third-order valence-electron chi connectivity index (χ3n) is 2.93. The van der Waals surface area contributed by atoms with Gasteiger partial charge in [0.15, 0.2) is 9.84 Å². The van der Waals surface area contributed by atoms with Crippen molar-refractivity contribution in [2.45, 2.75) is 36.9 Å². The molecule has 1 rings (SSSR count). The van der Waals surface area contributed by atoms with Gasteiger partial charge in [-0.25, -0.2) is 8.42 Å². The molecule has 0 saturated heterocycles. The van der Waals surface area contributed by atoms with Crippen LogP contribution in [-0.4, -0.2) is 30.5 Å². The number of rotatable bonds is 4. The molecule has 1 aromatic rings. The zero-order chi connectivity index (χ0) is 13.3. The largest absolute Gasteiger partial charge is 0.387 e. The molecule has 2 atom stereocenters. The predicted octanol–water partition coefficient (Wildman–Crippen LogP) is 1.28. The van der Waals surface area contributed by atoms with Gasteiger partial charge >= 0.3 is 0 Å². The first-order valence-electron chi connectivity index (χ1n) is 5.39. The monoisotopic (exact) mass is 258 g/mol. The van der Waals surface area contributed by atoms with Gasteiger partial charge in [-0.3, -0.25) is 0 Å². The fourth-order valence-corrected chi connectivity index (χ4v) is 2.08. The molecule has 0 aliphatic rings. The predicted molar refractivity (Wildman–Crippen MR) is 65.4 cm³/mol. The molecule has 17 heavy (non-hydrogen) atoms. The molecule has 0 bridgehead atoms. The van der Waals surface area contributed by atoms with Crippen molar-refractivity contribution in [1.82, 2.24) is 0 Å². The Labute approximate surface area is 102 Å². The number of aliphatic hydroxyl groups excluding tert-OH is 1. The van der Waals surface area contributed by atoms with E-state index in [4.69, 9.17) is 0 Å². The second kappa shape index (κ2) is 4.76. The van der Waals surface area contributed by atoms with Gasteiger partial charge in [0.05, 0.1) is 10.5 Å². The molecular weight excluding hydrogens is 240 g/mol. The maximum atomic E-state index is 11.3. The summed E-state index contributed by atoms with van der Waals surface area (Å²) in [6, 6.07) is 5.90. The minimum absolute atomic E-state index is 0.199. The van der Waals surface area contributed by atoms with Crippen LogP contribution < -0.4 is 0 Å². The van der Waals surface area contributed by atoms with Crippen molar-refractivity contribution in [2.75, 3.05) is 6.26 Å². The van der Waals surface area contributed by atoms with Gasteiger partial charge in [-0.2, -0.15) is 0 Å². The van der Waals surface area contributed by atoms with Crippen molar-refractivity contribution in [3.05, 3.63) is 29.8 Å². The molecule has 0 fully saturated rings. The molecule has 2 N–H and O–H groups in total. The van der Waals surface area contributed by atoms with E-state index in [-0.39, 0.29) is 4.90 Å². The average Bonchev–Trinajstić information content (AvgIpc) is 2.27. The van der Waals surface area contributed by atoms with Gasteiger partial charge in [0.1, 0.15) is 6.10 Å².